The maximum Gasteiger partial charge on any atom is 0.342 e. The predicted molar refractivity (Wildman–Crippen MR) is 105 cm³/mol. The molecular formula is C22H17NO6. The number of rotatable bonds is 8. The number of non-ortho nitro benzene ring substituents is 1. The molecule has 0 saturated heterocycles. The molecule has 3 rings (SSSR count). The Morgan fingerprint density at radius 1 is 0.862 bits per heavy atom. The first-order valence-corrected chi connectivity index (χ1v) is 8.75. The average Bonchev–Trinajstić information content (AvgIpc) is 2.76. The highest BCUT2D eigenvalue weighted by molar-refractivity contribution is 6.00. The molecule has 0 N–H and O–H groups in total. The van der Waals surface area contributed by atoms with Gasteiger partial charge in [-0.1, -0.05) is 42.5 Å². The topological polar surface area (TPSA) is 95.7 Å². The molecule has 0 saturated carbocycles. The lowest BCUT2D eigenvalue weighted by Crippen LogP contribution is -2.15. The van der Waals surface area contributed by atoms with Gasteiger partial charge in [0.2, 0.25) is 0 Å². The van der Waals surface area contributed by atoms with Gasteiger partial charge in [0.05, 0.1) is 4.92 Å². The third kappa shape index (κ3) is 5.26. The standard InChI is InChI=1S/C22H17NO6/c24-20(17-10-12-18(13-11-17)23(26)27)15-29-22(25)19-8-4-5-9-21(19)28-14-16-6-2-1-3-7-16/h1-13H,14-15H2. The van der Waals surface area contributed by atoms with Crippen molar-refractivity contribution >= 4 is 17.4 Å². The van der Waals surface area contributed by atoms with Crippen LogP contribution in [-0.4, -0.2) is 23.3 Å². The normalized spacial score (nSPS) is 10.2. The average molecular weight is 391 g/mol. The van der Waals surface area contributed by atoms with Crippen molar-refractivity contribution in [3.8, 4) is 5.75 Å². The molecule has 0 heterocycles. The van der Waals surface area contributed by atoms with Crippen LogP contribution in [0.2, 0.25) is 0 Å². The highest BCUT2D eigenvalue weighted by atomic mass is 16.6. The van der Waals surface area contributed by atoms with Gasteiger partial charge in [-0.25, -0.2) is 4.79 Å². The fourth-order valence-electron chi connectivity index (χ4n) is 2.56. The molecule has 0 unspecified atom stereocenters. The minimum Gasteiger partial charge on any atom is -0.488 e. The molecule has 0 aliphatic heterocycles. The number of para-hydroxylation sites is 1. The van der Waals surface area contributed by atoms with Gasteiger partial charge in [0.15, 0.2) is 12.4 Å². The number of hydrogen-bond donors (Lipinski definition) is 0. The number of hydrogen-bond acceptors (Lipinski definition) is 6. The van der Waals surface area contributed by atoms with Crippen LogP contribution in [0.5, 0.6) is 5.75 Å². The fourth-order valence-corrected chi connectivity index (χ4v) is 2.56. The van der Waals surface area contributed by atoms with Gasteiger partial charge >= 0.3 is 5.97 Å². The van der Waals surface area contributed by atoms with E-state index in [2.05, 4.69) is 0 Å². The quantitative estimate of drug-likeness (QED) is 0.247. The van der Waals surface area contributed by atoms with E-state index in [0.29, 0.717) is 5.75 Å². The summed E-state index contributed by atoms with van der Waals surface area (Å²) >= 11 is 0. The SMILES string of the molecule is O=C(COC(=O)c1ccccc1OCc1ccccc1)c1ccc([N+](=O)[O-])cc1. The Bertz CT molecular complexity index is 1010. The summed E-state index contributed by atoms with van der Waals surface area (Å²) in [7, 11) is 0. The molecule has 0 fully saturated rings. The van der Waals surface area contributed by atoms with Crippen molar-refractivity contribution < 1.29 is 24.0 Å². The molecule has 0 amide bonds. The number of Topliss-reactive ketones (excluding diaryl/α,β-unsaturated/α-hetero) is 1. The van der Waals surface area contributed by atoms with Gasteiger partial charge < -0.3 is 9.47 Å². The number of nitro benzene ring substituents is 1. The maximum atomic E-state index is 12.4. The van der Waals surface area contributed by atoms with Crippen molar-refractivity contribution in [2.45, 2.75) is 6.61 Å². The van der Waals surface area contributed by atoms with E-state index in [-0.39, 0.29) is 23.4 Å². The van der Waals surface area contributed by atoms with Gasteiger partial charge in [0.25, 0.3) is 5.69 Å². The van der Waals surface area contributed by atoms with E-state index in [9.17, 15) is 19.7 Å². The molecule has 0 atom stereocenters. The van der Waals surface area contributed by atoms with Gasteiger partial charge in [-0.15, -0.1) is 0 Å². The van der Waals surface area contributed by atoms with Crippen LogP contribution in [0.3, 0.4) is 0 Å². The van der Waals surface area contributed by atoms with E-state index < -0.39 is 23.3 Å². The highest BCUT2D eigenvalue weighted by Gasteiger charge is 2.17. The van der Waals surface area contributed by atoms with Gasteiger partial charge in [-0.2, -0.15) is 0 Å². The van der Waals surface area contributed by atoms with Crippen molar-refractivity contribution in [3.63, 3.8) is 0 Å². The lowest BCUT2D eigenvalue weighted by atomic mass is 10.1. The predicted octanol–water partition coefficient (Wildman–Crippen LogP) is 4.21. The van der Waals surface area contributed by atoms with Gasteiger partial charge in [-0.3, -0.25) is 14.9 Å². The van der Waals surface area contributed by atoms with Crippen LogP contribution in [0.1, 0.15) is 26.3 Å². The molecule has 0 spiro atoms. The van der Waals surface area contributed by atoms with Gasteiger partial charge in [-0.05, 0) is 29.8 Å². The Morgan fingerprint density at radius 2 is 1.52 bits per heavy atom. The van der Waals surface area contributed by atoms with Crippen molar-refractivity contribution in [3.05, 3.63) is 106 Å². The number of ketones is 1. The zero-order valence-electron chi connectivity index (χ0n) is 15.3. The van der Waals surface area contributed by atoms with E-state index in [1.165, 1.54) is 24.3 Å². The summed E-state index contributed by atoms with van der Waals surface area (Å²) in [6.45, 7) is -0.198. The highest BCUT2D eigenvalue weighted by Crippen LogP contribution is 2.21. The minimum atomic E-state index is -0.691. The van der Waals surface area contributed by atoms with E-state index in [4.69, 9.17) is 9.47 Å². The lowest BCUT2D eigenvalue weighted by Gasteiger charge is -2.11. The second-order valence-corrected chi connectivity index (χ2v) is 6.07. The summed E-state index contributed by atoms with van der Waals surface area (Å²) in [6, 6.07) is 21.2. The van der Waals surface area contributed by atoms with Crippen molar-refractivity contribution in [1.82, 2.24) is 0 Å². The maximum absolute atomic E-state index is 12.4. The molecule has 29 heavy (non-hydrogen) atoms. The first-order valence-electron chi connectivity index (χ1n) is 8.75. The first-order chi connectivity index (χ1) is 14.0. The van der Waals surface area contributed by atoms with Crippen molar-refractivity contribution in [2.75, 3.05) is 6.61 Å². The van der Waals surface area contributed by atoms with Crippen LogP contribution in [-0.2, 0) is 11.3 Å². The molecule has 7 heteroatoms. The third-order valence-electron chi connectivity index (χ3n) is 4.08. The molecule has 0 radical (unpaired) electrons. The summed E-state index contributed by atoms with van der Waals surface area (Å²) in [4.78, 5) is 34.7. The monoisotopic (exact) mass is 391 g/mol. The molecule has 7 nitrogen and oxygen atoms in total. The molecule has 0 aliphatic carbocycles. The summed E-state index contributed by atoms with van der Waals surface area (Å²) in [6.07, 6.45) is 0. The number of nitro groups is 1. The number of esters is 1. The fraction of sp³-hybridized carbons (Fsp3) is 0.0909. The summed E-state index contributed by atoms with van der Waals surface area (Å²) in [5.74, 6) is -0.802. The van der Waals surface area contributed by atoms with Crippen LogP contribution in [0, 0.1) is 10.1 Å². The minimum absolute atomic E-state index is 0.122. The largest absolute Gasteiger partial charge is 0.488 e. The number of carbonyl (C=O) groups excluding carboxylic acids is 2. The number of ether oxygens (including phenoxy) is 2. The van der Waals surface area contributed by atoms with E-state index >= 15 is 0 Å². The Morgan fingerprint density at radius 3 is 2.21 bits per heavy atom. The number of benzene rings is 3. The smallest absolute Gasteiger partial charge is 0.342 e. The van der Waals surface area contributed by atoms with E-state index in [1.807, 2.05) is 30.3 Å². The number of nitrogens with zero attached hydrogens (tertiary/aromatic N) is 1. The summed E-state index contributed by atoms with van der Waals surface area (Å²) < 4.78 is 10.8. The molecule has 3 aromatic carbocycles. The van der Waals surface area contributed by atoms with Crippen molar-refractivity contribution in [1.29, 1.82) is 0 Å². The molecule has 0 aliphatic rings. The Hall–Kier alpha value is -4.00. The summed E-state index contributed by atoms with van der Waals surface area (Å²) in [5.41, 5.74) is 1.25. The Kier molecular flexibility index (Phi) is 6.32. The van der Waals surface area contributed by atoms with E-state index in [0.717, 1.165) is 5.56 Å². The molecule has 146 valence electrons. The lowest BCUT2D eigenvalue weighted by molar-refractivity contribution is -0.384. The van der Waals surface area contributed by atoms with Crippen LogP contribution < -0.4 is 4.74 Å². The first kappa shape index (κ1) is 19.8. The zero-order chi connectivity index (χ0) is 20.6. The van der Waals surface area contributed by atoms with Crippen LogP contribution in [0.25, 0.3) is 0 Å². The van der Waals surface area contributed by atoms with Crippen LogP contribution in [0.15, 0.2) is 78.9 Å². The summed E-state index contributed by atoms with van der Waals surface area (Å²) in [5, 5.41) is 10.7. The van der Waals surface area contributed by atoms with Crippen molar-refractivity contribution in [2.24, 2.45) is 0 Å². The Labute approximate surface area is 166 Å². The van der Waals surface area contributed by atoms with Gasteiger partial charge in [0.1, 0.15) is 17.9 Å². The van der Waals surface area contributed by atoms with Gasteiger partial charge in [0, 0.05) is 17.7 Å². The van der Waals surface area contributed by atoms with Crippen LogP contribution in [0.4, 0.5) is 5.69 Å². The second-order valence-electron chi connectivity index (χ2n) is 6.07. The molecular weight excluding hydrogens is 374 g/mol. The molecule has 3 aromatic rings. The third-order valence-corrected chi connectivity index (χ3v) is 4.08. The molecule has 0 aromatic heterocycles. The van der Waals surface area contributed by atoms with E-state index in [1.54, 1.807) is 24.3 Å². The van der Waals surface area contributed by atoms with Crippen LogP contribution >= 0.6 is 0 Å². The number of carbonyl (C=O) groups is 2. The second kappa shape index (κ2) is 9.27. The molecule has 0 bridgehead atoms. The Balaban J connectivity index is 1.61. The zero-order valence-corrected chi connectivity index (χ0v) is 15.3.